The smallest absolute Gasteiger partial charge is 0.122 e. The molecule has 0 bridgehead atoms. The molecular weight excluding hydrogens is 448 g/mol. The van der Waals surface area contributed by atoms with Crippen LogP contribution in [-0.4, -0.2) is 20.4 Å². The van der Waals surface area contributed by atoms with Crippen molar-refractivity contribution < 1.29 is 20.4 Å². The topological polar surface area (TPSA) is 80.9 Å². The second-order valence-electron chi connectivity index (χ2n) is 9.57. The highest BCUT2D eigenvalue weighted by molar-refractivity contribution is 5.53. The molecule has 3 rings (SSSR count). The van der Waals surface area contributed by atoms with Gasteiger partial charge in [0.2, 0.25) is 0 Å². The lowest BCUT2D eigenvalue weighted by molar-refractivity contribution is 0.383. The van der Waals surface area contributed by atoms with Gasteiger partial charge in [0.25, 0.3) is 0 Å². The van der Waals surface area contributed by atoms with Gasteiger partial charge in [0.1, 0.15) is 17.2 Å². The van der Waals surface area contributed by atoms with Crippen LogP contribution >= 0.6 is 0 Å². The van der Waals surface area contributed by atoms with Crippen LogP contribution in [0.5, 0.6) is 17.2 Å². The molecule has 4 nitrogen and oxygen atoms in total. The van der Waals surface area contributed by atoms with Crippen molar-refractivity contribution in [2.24, 2.45) is 0 Å². The molecule has 188 valence electrons. The normalized spacial score (nSPS) is 12.4. The molecule has 0 fully saturated rings. The fourth-order valence-electron chi connectivity index (χ4n) is 4.26. The maximum absolute atomic E-state index is 10.8. The predicted molar refractivity (Wildman–Crippen MR) is 147 cm³/mol. The maximum Gasteiger partial charge on any atom is 0.122 e. The molecule has 0 spiro atoms. The van der Waals surface area contributed by atoms with Crippen LogP contribution in [0.1, 0.15) is 53.6 Å². The standard InChI is InChI=1S/C32H36O4/c1-20(2)26(16-21(3)31(35)15-10-24-6-11-28(33)12-7-24)19-27-17-22(4)32(36)30(23(27)5)18-25-8-13-29(34)14-9-25/h6-9,11-14,16-17,33-36H,1,10,15,18-19H2,2-5H3/b26-16-,31-21+. The van der Waals surface area contributed by atoms with Gasteiger partial charge < -0.3 is 20.4 Å². The first kappa shape index (κ1) is 26.7. The SMILES string of the molecule is C=C(C)/C(=C\C(C)=C(\O)CCc1ccc(O)cc1)Cc1cc(C)c(O)c(Cc2ccc(O)cc2)c1C. The Morgan fingerprint density at radius 2 is 1.42 bits per heavy atom. The fourth-order valence-corrected chi connectivity index (χ4v) is 4.26. The summed E-state index contributed by atoms with van der Waals surface area (Å²) in [7, 11) is 0. The van der Waals surface area contributed by atoms with Crippen LogP contribution in [0.3, 0.4) is 0 Å². The van der Waals surface area contributed by atoms with Gasteiger partial charge in [-0.15, -0.1) is 0 Å². The molecule has 36 heavy (non-hydrogen) atoms. The molecule has 0 heterocycles. The zero-order valence-electron chi connectivity index (χ0n) is 21.6. The zero-order chi connectivity index (χ0) is 26.4. The number of rotatable bonds is 9. The van der Waals surface area contributed by atoms with Crippen molar-refractivity contribution in [3.05, 3.63) is 123 Å². The van der Waals surface area contributed by atoms with Gasteiger partial charge in [-0.3, -0.25) is 0 Å². The molecule has 0 saturated carbocycles. The van der Waals surface area contributed by atoms with Gasteiger partial charge in [-0.05, 0) is 104 Å². The van der Waals surface area contributed by atoms with E-state index in [2.05, 4.69) is 6.58 Å². The van der Waals surface area contributed by atoms with Crippen LogP contribution in [0.25, 0.3) is 0 Å². The van der Waals surface area contributed by atoms with Crippen LogP contribution in [0.2, 0.25) is 0 Å². The minimum Gasteiger partial charge on any atom is -0.512 e. The lowest BCUT2D eigenvalue weighted by Gasteiger charge is -2.18. The lowest BCUT2D eigenvalue weighted by Crippen LogP contribution is -2.02. The van der Waals surface area contributed by atoms with Gasteiger partial charge in [0.05, 0.1) is 5.76 Å². The van der Waals surface area contributed by atoms with Gasteiger partial charge in [-0.1, -0.05) is 48.6 Å². The molecule has 0 aliphatic heterocycles. The number of hydrogen-bond donors (Lipinski definition) is 4. The summed E-state index contributed by atoms with van der Waals surface area (Å²) in [5.41, 5.74) is 8.61. The van der Waals surface area contributed by atoms with Gasteiger partial charge >= 0.3 is 0 Å². The summed E-state index contributed by atoms with van der Waals surface area (Å²) in [5, 5.41) is 40.5. The molecule has 0 saturated heterocycles. The minimum atomic E-state index is 0.218. The second-order valence-corrected chi connectivity index (χ2v) is 9.57. The zero-order valence-corrected chi connectivity index (χ0v) is 21.6. The molecule has 0 aromatic heterocycles. The third kappa shape index (κ3) is 6.82. The van der Waals surface area contributed by atoms with E-state index in [1.54, 1.807) is 24.3 Å². The van der Waals surface area contributed by atoms with E-state index in [1.807, 2.05) is 64.1 Å². The summed E-state index contributed by atoms with van der Waals surface area (Å²) in [6.07, 6.45) is 4.38. The van der Waals surface area contributed by atoms with Crippen molar-refractivity contribution in [1.29, 1.82) is 0 Å². The first-order valence-electron chi connectivity index (χ1n) is 12.2. The Kier molecular flexibility index (Phi) is 8.65. The van der Waals surface area contributed by atoms with Crippen molar-refractivity contribution in [1.82, 2.24) is 0 Å². The van der Waals surface area contributed by atoms with E-state index in [9.17, 15) is 20.4 Å². The van der Waals surface area contributed by atoms with E-state index in [0.717, 1.165) is 50.1 Å². The summed E-state index contributed by atoms with van der Waals surface area (Å²) in [4.78, 5) is 0. The van der Waals surface area contributed by atoms with Crippen molar-refractivity contribution in [3.8, 4) is 17.2 Å². The molecule has 4 N–H and O–H groups in total. The van der Waals surface area contributed by atoms with Crippen molar-refractivity contribution in [2.45, 2.75) is 53.4 Å². The summed E-state index contributed by atoms with van der Waals surface area (Å²) in [5.74, 6) is 1.08. The molecule has 3 aromatic rings. The molecular formula is C32H36O4. The molecule has 0 radical (unpaired) electrons. The third-order valence-electron chi connectivity index (χ3n) is 6.66. The van der Waals surface area contributed by atoms with E-state index in [-0.39, 0.29) is 11.5 Å². The van der Waals surface area contributed by atoms with Crippen molar-refractivity contribution in [3.63, 3.8) is 0 Å². The van der Waals surface area contributed by atoms with Gasteiger partial charge in [-0.25, -0.2) is 0 Å². The van der Waals surface area contributed by atoms with Crippen LogP contribution in [0.4, 0.5) is 0 Å². The summed E-state index contributed by atoms with van der Waals surface area (Å²) in [6, 6.07) is 16.1. The Labute approximate surface area is 214 Å². The number of aliphatic hydroxyl groups is 1. The van der Waals surface area contributed by atoms with E-state index in [0.29, 0.717) is 37.2 Å². The van der Waals surface area contributed by atoms with Crippen molar-refractivity contribution >= 4 is 0 Å². The highest BCUT2D eigenvalue weighted by atomic mass is 16.3. The number of aromatic hydroxyl groups is 3. The Morgan fingerprint density at radius 3 is 1.97 bits per heavy atom. The predicted octanol–water partition coefficient (Wildman–Crippen LogP) is 7.52. The fraction of sp³-hybridized carbons (Fsp3) is 0.250. The van der Waals surface area contributed by atoms with Crippen LogP contribution < -0.4 is 0 Å². The van der Waals surface area contributed by atoms with Crippen LogP contribution in [0, 0.1) is 13.8 Å². The molecule has 0 aliphatic rings. The number of benzene rings is 3. The quantitative estimate of drug-likeness (QED) is 0.187. The van der Waals surface area contributed by atoms with E-state index < -0.39 is 0 Å². The summed E-state index contributed by atoms with van der Waals surface area (Å²) in [6.45, 7) is 12.0. The lowest BCUT2D eigenvalue weighted by atomic mass is 9.88. The van der Waals surface area contributed by atoms with Gasteiger partial charge in [0.15, 0.2) is 0 Å². The molecule has 0 amide bonds. The second kappa shape index (κ2) is 11.7. The monoisotopic (exact) mass is 484 g/mol. The van der Waals surface area contributed by atoms with Crippen molar-refractivity contribution in [2.75, 3.05) is 0 Å². The van der Waals surface area contributed by atoms with E-state index in [1.165, 1.54) is 0 Å². The van der Waals surface area contributed by atoms with Crippen LogP contribution in [0.15, 0.2) is 89.7 Å². The Morgan fingerprint density at radius 1 is 0.861 bits per heavy atom. The minimum absolute atomic E-state index is 0.218. The molecule has 0 atom stereocenters. The maximum atomic E-state index is 10.8. The highest BCUT2D eigenvalue weighted by Crippen LogP contribution is 2.33. The number of phenols is 3. The molecule has 4 heteroatoms. The average molecular weight is 485 g/mol. The number of aliphatic hydroxyl groups excluding tert-OH is 1. The molecule has 0 aliphatic carbocycles. The number of hydrogen-bond acceptors (Lipinski definition) is 4. The molecule has 3 aromatic carbocycles. The third-order valence-corrected chi connectivity index (χ3v) is 6.66. The number of aryl methyl sites for hydroxylation is 2. The van der Waals surface area contributed by atoms with Gasteiger partial charge in [0, 0.05) is 18.4 Å². The Bertz CT molecular complexity index is 1290. The van der Waals surface area contributed by atoms with E-state index in [4.69, 9.17) is 0 Å². The number of allylic oxidation sites excluding steroid dienone is 5. The summed E-state index contributed by atoms with van der Waals surface area (Å²) < 4.78 is 0. The first-order valence-corrected chi connectivity index (χ1v) is 12.2. The van der Waals surface area contributed by atoms with Gasteiger partial charge in [-0.2, -0.15) is 0 Å². The Hall–Kier alpha value is -3.92. The van der Waals surface area contributed by atoms with Crippen LogP contribution in [-0.2, 0) is 19.3 Å². The number of phenolic OH excluding ortho intramolecular Hbond substituents is 3. The highest BCUT2D eigenvalue weighted by Gasteiger charge is 2.15. The largest absolute Gasteiger partial charge is 0.512 e. The van der Waals surface area contributed by atoms with E-state index >= 15 is 0 Å². The molecule has 0 unspecified atom stereocenters. The Balaban J connectivity index is 1.86. The first-order chi connectivity index (χ1) is 17.0. The average Bonchev–Trinajstić information content (AvgIpc) is 2.85. The summed E-state index contributed by atoms with van der Waals surface area (Å²) >= 11 is 0.